The van der Waals surface area contributed by atoms with Crippen LogP contribution in [0.1, 0.15) is 5.56 Å². The number of nitrogens with one attached hydrogen (secondary N) is 1. The van der Waals surface area contributed by atoms with Crippen LogP contribution in [0, 0.1) is 11.6 Å². The Kier molecular flexibility index (Phi) is 3.07. The van der Waals surface area contributed by atoms with Gasteiger partial charge in [0.1, 0.15) is 0 Å². The van der Waals surface area contributed by atoms with Gasteiger partial charge in [0.15, 0.2) is 11.6 Å². The quantitative estimate of drug-likeness (QED) is 0.890. The van der Waals surface area contributed by atoms with Gasteiger partial charge in [0.25, 0.3) is 0 Å². The predicted molar refractivity (Wildman–Crippen MR) is 72.3 cm³/mol. The molecule has 0 aliphatic carbocycles. The van der Waals surface area contributed by atoms with Gasteiger partial charge in [-0.05, 0) is 5.56 Å². The lowest BCUT2D eigenvalue weighted by Crippen LogP contribution is -2.33. The molecule has 4 heteroatoms. The molecular formula is C15H14F2N2. The average molecular weight is 260 g/mol. The van der Waals surface area contributed by atoms with E-state index in [1.807, 2.05) is 30.3 Å². The average Bonchev–Trinajstić information content (AvgIpc) is 2.42. The maximum absolute atomic E-state index is 13.4. The van der Waals surface area contributed by atoms with Gasteiger partial charge in [-0.1, -0.05) is 30.3 Å². The van der Waals surface area contributed by atoms with Crippen LogP contribution in [-0.4, -0.2) is 13.1 Å². The molecule has 2 nitrogen and oxygen atoms in total. The lowest BCUT2D eigenvalue weighted by molar-refractivity contribution is 0.508. The van der Waals surface area contributed by atoms with Crippen molar-refractivity contribution in [1.29, 1.82) is 0 Å². The van der Waals surface area contributed by atoms with E-state index in [4.69, 9.17) is 0 Å². The Hall–Kier alpha value is -2.10. The molecule has 0 saturated heterocycles. The molecule has 1 aliphatic rings. The number of fused-ring (bicyclic) bond motifs is 1. The summed E-state index contributed by atoms with van der Waals surface area (Å²) in [6.45, 7) is 2.19. The van der Waals surface area contributed by atoms with E-state index in [0.717, 1.165) is 18.7 Å². The van der Waals surface area contributed by atoms with E-state index in [-0.39, 0.29) is 0 Å². The summed E-state index contributed by atoms with van der Waals surface area (Å²) in [4.78, 5) is 2.06. The molecule has 0 amide bonds. The van der Waals surface area contributed by atoms with Gasteiger partial charge in [0, 0.05) is 31.8 Å². The first-order chi connectivity index (χ1) is 9.24. The van der Waals surface area contributed by atoms with Crippen LogP contribution in [0.3, 0.4) is 0 Å². The van der Waals surface area contributed by atoms with Crippen LogP contribution in [0.25, 0.3) is 0 Å². The molecule has 2 aromatic rings. The van der Waals surface area contributed by atoms with Gasteiger partial charge in [-0.15, -0.1) is 0 Å². The highest BCUT2D eigenvalue weighted by molar-refractivity contribution is 5.72. The molecule has 0 aromatic heterocycles. The summed E-state index contributed by atoms with van der Waals surface area (Å²) < 4.78 is 26.6. The van der Waals surface area contributed by atoms with E-state index in [1.165, 1.54) is 12.1 Å². The van der Waals surface area contributed by atoms with Gasteiger partial charge in [-0.25, -0.2) is 8.78 Å². The fraction of sp³-hybridized carbons (Fsp3) is 0.200. The zero-order chi connectivity index (χ0) is 13.2. The van der Waals surface area contributed by atoms with Crippen molar-refractivity contribution in [2.45, 2.75) is 6.54 Å². The van der Waals surface area contributed by atoms with Crippen molar-refractivity contribution in [3.05, 3.63) is 59.7 Å². The Morgan fingerprint density at radius 3 is 2.58 bits per heavy atom. The van der Waals surface area contributed by atoms with Crippen LogP contribution in [0.4, 0.5) is 20.2 Å². The van der Waals surface area contributed by atoms with E-state index in [9.17, 15) is 8.78 Å². The third kappa shape index (κ3) is 2.38. The van der Waals surface area contributed by atoms with Crippen LogP contribution in [0.15, 0.2) is 42.5 Å². The largest absolute Gasteiger partial charge is 0.382 e. The molecule has 1 N–H and O–H groups in total. The lowest BCUT2D eigenvalue weighted by atomic mass is 10.1. The SMILES string of the molecule is Fc1cc2c(cc1F)N(Cc1ccccc1)CCN2. The van der Waals surface area contributed by atoms with Crippen LogP contribution < -0.4 is 10.2 Å². The van der Waals surface area contributed by atoms with E-state index >= 15 is 0 Å². The topological polar surface area (TPSA) is 15.3 Å². The molecule has 0 spiro atoms. The Morgan fingerprint density at radius 2 is 1.79 bits per heavy atom. The molecular weight excluding hydrogens is 246 g/mol. The number of nitrogens with zero attached hydrogens (tertiary/aromatic N) is 1. The Balaban J connectivity index is 1.92. The van der Waals surface area contributed by atoms with Crippen LogP contribution in [0.2, 0.25) is 0 Å². The van der Waals surface area contributed by atoms with E-state index in [0.29, 0.717) is 17.9 Å². The van der Waals surface area contributed by atoms with Gasteiger partial charge >= 0.3 is 0 Å². The number of anilines is 2. The third-order valence-electron chi connectivity index (χ3n) is 3.29. The highest BCUT2D eigenvalue weighted by atomic mass is 19.2. The summed E-state index contributed by atoms with van der Waals surface area (Å²) in [5, 5.41) is 3.10. The minimum Gasteiger partial charge on any atom is -0.382 e. The maximum atomic E-state index is 13.4. The molecule has 0 fully saturated rings. The van der Waals surface area contributed by atoms with Gasteiger partial charge in [-0.2, -0.15) is 0 Å². The molecule has 0 radical (unpaired) electrons. The van der Waals surface area contributed by atoms with Gasteiger partial charge in [0.05, 0.1) is 11.4 Å². The molecule has 3 rings (SSSR count). The fourth-order valence-electron chi connectivity index (χ4n) is 2.35. The normalized spacial score (nSPS) is 13.9. The zero-order valence-electron chi connectivity index (χ0n) is 10.4. The summed E-state index contributed by atoms with van der Waals surface area (Å²) in [5.74, 6) is -1.62. The number of hydrogen-bond donors (Lipinski definition) is 1. The molecule has 0 atom stereocenters. The van der Waals surface area contributed by atoms with Crippen molar-refractivity contribution < 1.29 is 8.78 Å². The Bertz CT molecular complexity index is 584. The molecule has 0 bridgehead atoms. The molecule has 1 aliphatic heterocycles. The van der Waals surface area contributed by atoms with Gasteiger partial charge in [0.2, 0.25) is 0 Å². The Morgan fingerprint density at radius 1 is 1.05 bits per heavy atom. The molecule has 2 aromatic carbocycles. The molecule has 0 unspecified atom stereocenters. The summed E-state index contributed by atoms with van der Waals surface area (Å²) in [7, 11) is 0. The van der Waals surface area contributed by atoms with Crippen molar-refractivity contribution in [2.75, 3.05) is 23.3 Å². The van der Waals surface area contributed by atoms with E-state index < -0.39 is 11.6 Å². The molecule has 19 heavy (non-hydrogen) atoms. The smallest absolute Gasteiger partial charge is 0.161 e. The van der Waals surface area contributed by atoms with Crippen LogP contribution >= 0.6 is 0 Å². The highest BCUT2D eigenvalue weighted by Crippen LogP contribution is 2.32. The number of hydrogen-bond acceptors (Lipinski definition) is 2. The van der Waals surface area contributed by atoms with Crippen molar-refractivity contribution in [2.24, 2.45) is 0 Å². The van der Waals surface area contributed by atoms with Gasteiger partial charge in [-0.3, -0.25) is 0 Å². The second-order valence-corrected chi connectivity index (χ2v) is 4.62. The van der Waals surface area contributed by atoms with E-state index in [2.05, 4.69) is 10.2 Å². The predicted octanol–water partition coefficient (Wildman–Crippen LogP) is 3.40. The third-order valence-corrected chi connectivity index (χ3v) is 3.29. The van der Waals surface area contributed by atoms with Crippen molar-refractivity contribution >= 4 is 11.4 Å². The minimum atomic E-state index is -0.812. The number of rotatable bonds is 2. The number of benzene rings is 2. The Labute approximate surface area is 110 Å². The first kappa shape index (κ1) is 12.0. The standard InChI is InChI=1S/C15H14F2N2/c16-12-8-14-15(9-13(12)17)19(7-6-18-14)10-11-4-2-1-3-5-11/h1-5,8-9,18H,6-7,10H2. The maximum Gasteiger partial charge on any atom is 0.161 e. The molecule has 0 saturated carbocycles. The van der Waals surface area contributed by atoms with Crippen LogP contribution in [-0.2, 0) is 6.54 Å². The first-order valence-electron chi connectivity index (χ1n) is 6.26. The highest BCUT2D eigenvalue weighted by Gasteiger charge is 2.19. The van der Waals surface area contributed by atoms with Crippen molar-refractivity contribution in [1.82, 2.24) is 0 Å². The summed E-state index contributed by atoms with van der Waals surface area (Å²) in [6.07, 6.45) is 0. The van der Waals surface area contributed by atoms with E-state index in [1.54, 1.807) is 0 Å². The summed E-state index contributed by atoms with van der Waals surface area (Å²) in [5.41, 5.74) is 2.52. The molecule has 1 heterocycles. The fourth-order valence-corrected chi connectivity index (χ4v) is 2.35. The summed E-state index contributed by atoms with van der Waals surface area (Å²) in [6, 6.07) is 12.5. The first-order valence-corrected chi connectivity index (χ1v) is 6.26. The van der Waals surface area contributed by atoms with Gasteiger partial charge < -0.3 is 10.2 Å². The van der Waals surface area contributed by atoms with Crippen LogP contribution in [0.5, 0.6) is 0 Å². The number of halogens is 2. The second kappa shape index (κ2) is 4.88. The molecule has 98 valence electrons. The second-order valence-electron chi connectivity index (χ2n) is 4.62. The summed E-state index contributed by atoms with van der Waals surface area (Å²) >= 11 is 0. The lowest BCUT2D eigenvalue weighted by Gasteiger charge is -2.32. The van der Waals surface area contributed by atoms with Crippen molar-refractivity contribution in [3.8, 4) is 0 Å². The monoisotopic (exact) mass is 260 g/mol. The zero-order valence-corrected chi connectivity index (χ0v) is 10.4. The minimum absolute atomic E-state index is 0.654. The van der Waals surface area contributed by atoms with Crippen molar-refractivity contribution in [3.63, 3.8) is 0 Å².